The van der Waals surface area contributed by atoms with Gasteiger partial charge in [-0.25, -0.2) is 4.79 Å². The molecule has 0 bridgehead atoms. The third kappa shape index (κ3) is 3.93. The molecule has 0 saturated carbocycles. The van der Waals surface area contributed by atoms with Crippen molar-refractivity contribution in [2.75, 3.05) is 6.54 Å². The zero-order valence-electron chi connectivity index (χ0n) is 13.5. The smallest absolute Gasteiger partial charge is 0.315 e. The summed E-state index contributed by atoms with van der Waals surface area (Å²) in [6.07, 6.45) is 0. The quantitative estimate of drug-likeness (QED) is 0.664. The molecule has 1 heterocycles. The van der Waals surface area contributed by atoms with Crippen molar-refractivity contribution in [2.24, 2.45) is 0 Å². The second-order valence-corrected chi connectivity index (χ2v) is 6.92. The van der Waals surface area contributed by atoms with Crippen molar-refractivity contribution < 1.29 is 9.90 Å². The summed E-state index contributed by atoms with van der Waals surface area (Å²) in [5.74, 6) is 0. The maximum Gasteiger partial charge on any atom is 0.315 e. The molecule has 0 spiro atoms. The summed E-state index contributed by atoms with van der Waals surface area (Å²) in [6, 6.07) is 17.7. The number of carbonyl (C=O) groups is 1. The fraction of sp³-hybridized carbons (Fsp3) is 0.211. The van der Waals surface area contributed by atoms with Gasteiger partial charge >= 0.3 is 6.03 Å². The van der Waals surface area contributed by atoms with Gasteiger partial charge in [0.25, 0.3) is 0 Å². The topological polar surface area (TPSA) is 61.4 Å². The molecule has 0 radical (unpaired) electrons. The maximum atomic E-state index is 12.0. The third-order valence-corrected chi connectivity index (χ3v) is 5.04. The highest BCUT2D eigenvalue weighted by Gasteiger charge is 2.24. The van der Waals surface area contributed by atoms with Crippen LogP contribution in [0.15, 0.2) is 60.0 Å². The summed E-state index contributed by atoms with van der Waals surface area (Å²) in [5.41, 5.74) is -0.0251. The second-order valence-electron chi connectivity index (χ2n) is 5.97. The lowest BCUT2D eigenvalue weighted by atomic mass is 10.1. The van der Waals surface area contributed by atoms with Gasteiger partial charge in [-0.05, 0) is 40.8 Å². The average molecular weight is 340 g/mol. The summed E-state index contributed by atoms with van der Waals surface area (Å²) >= 11 is 1.47. The van der Waals surface area contributed by atoms with Crippen molar-refractivity contribution in [3.05, 3.63) is 70.4 Å². The molecule has 24 heavy (non-hydrogen) atoms. The van der Waals surface area contributed by atoms with E-state index in [1.54, 1.807) is 6.92 Å². The third-order valence-electron chi connectivity index (χ3n) is 3.91. The molecule has 0 saturated heterocycles. The van der Waals surface area contributed by atoms with E-state index in [-0.39, 0.29) is 12.6 Å². The molecular weight excluding hydrogens is 320 g/mol. The standard InChI is InChI=1S/C19H20N2O2S/c1-19(23,17-7-4-10-24-17)13-21-18(22)20-12-14-8-9-15-5-2-3-6-16(15)11-14/h2-11,23H,12-13H2,1H3,(H2,20,21,22). The number of hydrogen-bond donors (Lipinski definition) is 3. The number of rotatable bonds is 5. The van der Waals surface area contributed by atoms with E-state index in [0.29, 0.717) is 6.54 Å². The number of amides is 2. The summed E-state index contributed by atoms with van der Waals surface area (Å²) in [7, 11) is 0. The van der Waals surface area contributed by atoms with E-state index in [2.05, 4.69) is 28.8 Å². The Bertz CT molecular complexity index is 828. The SMILES string of the molecule is CC(O)(CNC(=O)NCc1ccc2ccccc2c1)c1cccs1. The van der Waals surface area contributed by atoms with Gasteiger partial charge in [0.05, 0.1) is 6.54 Å². The van der Waals surface area contributed by atoms with Gasteiger partial charge in [-0.15, -0.1) is 11.3 Å². The van der Waals surface area contributed by atoms with Gasteiger partial charge in [0.15, 0.2) is 0 Å². The van der Waals surface area contributed by atoms with Crippen LogP contribution in [0.25, 0.3) is 10.8 Å². The van der Waals surface area contributed by atoms with Gasteiger partial charge in [-0.2, -0.15) is 0 Å². The molecular formula is C19H20N2O2S. The van der Waals surface area contributed by atoms with Crippen LogP contribution in [0.2, 0.25) is 0 Å². The first-order valence-corrected chi connectivity index (χ1v) is 8.68. The number of carbonyl (C=O) groups excluding carboxylic acids is 1. The van der Waals surface area contributed by atoms with E-state index in [0.717, 1.165) is 15.8 Å². The predicted octanol–water partition coefficient (Wildman–Crippen LogP) is 3.61. The van der Waals surface area contributed by atoms with Crippen LogP contribution in [0.3, 0.4) is 0 Å². The monoisotopic (exact) mass is 340 g/mol. The van der Waals surface area contributed by atoms with Gasteiger partial charge in [0, 0.05) is 11.4 Å². The van der Waals surface area contributed by atoms with Crippen LogP contribution in [0.5, 0.6) is 0 Å². The highest BCUT2D eigenvalue weighted by Crippen LogP contribution is 2.24. The molecule has 1 unspecified atom stereocenters. The van der Waals surface area contributed by atoms with E-state index in [1.165, 1.54) is 16.7 Å². The van der Waals surface area contributed by atoms with Gasteiger partial charge < -0.3 is 15.7 Å². The van der Waals surface area contributed by atoms with Crippen molar-refractivity contribution in [2.45, 2.75) is 19.1 Å². The molecule has 0 aliphatic heterocycles. The molecule has 3 aromatic rings. The van der Waals surface area contributed by atoms with Crippen LogP contribution >= 0.6 is 11.3 Å². The van der Waals surface area contributed by atoms with Gasteiger partial charge in [-0.1, -0.05) is 42.5 Å². The Hall–Kier alpha value is -2.37. The van der Waals surface area contributed by atoms with Crippen molar-refractivity contribution >= 4 is 28.1 Å². The highest BCUT2D eigenvalue weighted by atomic mass is 32.1. The summed E-state index contributed by atoms with van der Waals surface area (Å²) in [6.45, 7) is 2.30. The fourth-order valence-electron chi connectivity index (χ4n) is 2.52. The largest absolute Gasteiger partial charge is 0.383 e. The van der Waals surface area contributed by atoms with E-state index in [4.69, 9.17) is 0 Å². The number of benzene rings is 2. The summed E-state index contributed by atoms with van der Waals surface area (Å²) < 4.78 is 0. The summed E-state index contributed by atoms with van der Waals surface area (Å²) in [4.78, 5) is 12.8. The Morgan fingerprint density at radius 2 is 1.88 bits per heavy atom. The highest BCUT2D eigenvalue weighted by molar-refractivity contribution is 7.10. The Balaban J connectivity index is 1.53. The Morgan fingerprint density at radius 3 is 2.62 bits per heavy atom. The molecule has 3 rings (SSSR count). The predicted molar refractivity (Wildman–Crippen MR) is 98.1 cm³/mol. The molecule has 5 heteroatoms. The van der Waals surface area contributed by atoms with Gasteiger partial charge in [-0.3, -0.25) is 0 Å². The van der Waals surface area contributed by atoms with Crippen molar-refractivity contribution in [3.8, 4) is 0 Å². The van der Waals surface area contributed by atoms with E-state index in [1.807, 2.05) is 41.8 Å². The summed E-state index contributed by atoms with van der Waals surface area (Å²) in [5, 5.41) is 20.2. The van der Waals surface area contributed by atoms with Crippen molar-refractivity contribution in [1.29, 1.82) is 0 Å². The number of fused-ring (bicyclic) bond motifs is 1. The zero-order chi connectivity index (χ0) is 17.0. The molecule has 124 valence electrons. The minimum absolute atomic E-state index is 0.164. The lowest BCUT2D eigenvalue weighted by molar-refractivity contribution is 0.0631. The van der Waals surface area contributed by atoms with Crippen LogP contribution in [0, 0.1) is 0 Å². The van der Waals surface area contributed by atoms with Crippen LogP contribution in [0.1, 0.15) is 17.4 Å². The first kappa shape index (κ1) is 16.5. The van der Waals surface area contributed by atoms with Gasteiger partial charge in [0.2, 0.25) is 0 Å². The number of aliphatic hydroxyl groups is 1. The zero-order valence-corrected chi connectivity index (χ0v) is 14.3. The van der Waals surface area contributed by atoms with Crippen molar-refractivity contribution in [1.82, 2.24) is 10.6 Å². The van der Waals surface area contributed by atoms with E-state index in [9.17, 15) is 9.90 Å². The molecule has 0 aliphatic rings. The minimum Gasteiger partial charge on any atom is -0.383 e. The fourth-order valence-corrected chi connectivity index (χ4v) is 3.31. The molecule has 0 fully saturated rings. The first-order chi connectivity index (χ1) is 11.5. The maximum absolute atomic E-state index is 12.0. The Kier molecular flexibility index (Phi) is 4.83. The van der Waals surface area contributed by atoms with Crippen LogP contribution < -0.4 is 10.6 Å². The number of thiophene rings is 1. The molecule has 1 atom stereocenters. The average Bonchev–Trinajstić information content (AvgIpc) is 3.13. The number of nitrogens with one attached hydrogen (secondary N) is 2. The van der Waals surface area contributed by atoms with Gasteiger partial charge in [0.1, 0.15) is 5.60 Å². The first-order valence-electron chi connectivity index (χ1n) is 7.80. The number of hydrogen-bond acceptors (Lipinski definition) is 3. The molecule has 2 aromatic carbocycles. The molecule has 2 amide bonds. The second kappa shape index (κ2) is 7.03. The normalized spacial score (nSPS) is 13.4. The van der Waals surface area contributed by atoms with Crippen LogP contribution in [-0.2, 0) is 12.1 Å². The van der Waals surface area contributed by atoms with E-state index < -0.39 is 5.60 Å². The van der Waals surface area contributed by atoms with Crippen LogP contribution in [-0.4, -0.2) is 17.7 Å². The van der Waals surface area contributed by atoms with E-state index >= 15 is 0 Å². The molecule has 0 aliphatic carbocycles. The van der Waals surface area contributed by atoms with Crippen molar-refractivity contribution in [3.63, 3.8) is 0 Å². The minimum atomic E-state index is -1.06. The lowest BCUT2D eigenvalue weighted by Gasteiger charge is -2.22. The lowest BCUT2D eigenvalue weighted by Crippen LogP contribution is -2.42. The Labute approximate surface area is 145 Å². The number of urea groups is 1. The molecule has 1 aromatic heterocycles. The van der Waals surface area contributed by atoms with Crippen LogP contribution in [0.4, 0.5) is 4.79 Å². The molecule has 3 N–H and O–H groups in total. The molecule has 4 nitrogen and oxygen atoms in total. The Morgan fingerprint density at radius 1 is 1.08 bits per heavy atom.